The molecule has 0 aromatic heterocycles. The van der Waals surface area contributed by atoms with Crippen LogP contribution in [-0.2, 0) is 6.54 Å². The third-order valence-electron chi connectivity index (χ3n) is 4.61. The van der Waals surface area contributed by atoms with E-state index < -0.39 is 0 Å². The monoisotopic (exact) mass is 276 g/mol. The minimum absolute atomic E-state index is 0.232. The lowest BCUT2D eigenvalue weighted by Crippen LogP contribution is -2.51. The highest BCUT2D eigenvalue weighted by atomic mass is 16.5. The molecule has 2 rings (SSSR count). The Kier molecular flexibility index (Phi) is 5.44. The predicted molar refractivity (Wildman–Crippen MR) is 83.9 cm³/mol. The van der Waals surface area contributed by atoms with E-state index in [-0.39, 0.29) is 5.54 Å². The largest absolute Gasteiger partial charge is 0.497 e. The van der Waals surface area contributed by atoms with E-state index >= 15 is 0 Å². The second-order valence-electron chi connectivity index (χ2n) is 5.91. The molecular formula is C17H28N2O. The fraction of sp³-hybridized carbons (Fsp3) is 0.647. The lowest BCUT2D eigenvalue weighted by molar-refractivity contribution is 0.0903. The van der Waals surface area contributed by atoms with Gasteiger partial charge in [-0.2, -0.15) is 0 Å². The number of nitrogens with two attached hydrogens (primary N) is 1. The predicted octanol–water partition coefficient (Wildman–Crippen LogP) is 3.18. The summed E-state index contributed by atoms with van der Waals surface area (Å²) in [6.07, 6.45) is 6.32. The van der Waals surface area contributed by atoms with Crippen molar-refractivity contribution in [1.82, 2.24) is 4.90 Å². The normalized spacial score (nSPS) is 17.6. The molecule has 3 nitrogen and oxygen atoms in total. The Morgan fingerprint density at radius 2 is 1.85 bits per heavy atom. The minimum Gasteiger partial charge on any atom is -0.497 e. The van der Waals surface area contributed by atoms with Gasteiger partial charge in [0.15, 0.2) is 0 Å². The first kappa shape index (κ1) is 15.3. The average Bonchev–Trinajstić information content (AvgIpc) is 2.98. The van der Waals surface area contributed by atoms with Gasteiger partial charge in [0, 0.05) is 18.6 Å². The summed E-state index contributed by atoms with van der Waals surface area (Å²) in [6, 6.07) is 8.42. The Labute approximate surface area is 123 Å². The van der Waals surface area contributed by atoms with Crippen molar-refractivity contribution < 1.29 is 4.74 Å². The highest BCUT2D eigenvalue weighted by Gasteiger charge is 2.37. The summed E-state index contributed by atoms with van der Waals surface area (Å²) in [5.74, 6) is 0.921. The molecule has 20 heavy (non-hydrogen) atoms. The summed E-state index contributed by atoms with van der Waals surface area (Å²) in [5.41, 5.74) is 7.72. The summed E-state index contributed by atoms with van der Waals surface area (Å²) in [7, 11) is 1.71. The van der Waals surface area contributed by atoms with Crippen molar-refractivity contribution in [2.75, 3.05) is 20.2 Å². The topological polar surface area (TPSA) is 38.5 Å². The summed E-state index contributed by atoms with van der Waals surface area (Å²) in [4.78, 5) is 2.61. The molecule has 0 radical (unpaired) electrons. The Hall–Kier alpha value is -1.06. The Morgan fingerprint density at radius 3 is 2.35 bits per heavy atom. The second kappa shape index (κ2) is 7.09. The second-order valence-corrected chi connectivity index (χ2v) is 5.91. The maximum Gasteiger partial charge on any atom is 0.118 e. The SMILES string of the molecule is CCCN(Cc1ccc(OC)cc1)C1(CN)CCCC1. The van der Waals surface area contributed by atoms with Gasteiger partial charge in [0.05, 0.1) is 7.11 Å². The van der Waals surface area contributed by atoms with Crippen LogP contribution in [0.25, 0.3) is 0 Å². The van der Waals surface area contributed by atoms with Gasteiger partial charge in [0.25, 0.3) is 0 Å². The smallest absolute Gasteiger partial charge is 0.118 e. The molecule has 1 aromatic rings. The molecule has 1 fully saturated rings. The number of benzene rings is 1. The Balaban J connectivity index is 2.11. The van der Waals surface area contributed by atoms with E-state index in [9.17, 15) is 0 Å². The molecule has 112 valence electrons. The lowest BCUT2D eigenvalue weighted by atomic mass is 9.94. The third-order valence-corrected chi connectivity index (χ3v) is 4.61. The van der Waals surface area contributed by atoms with Gasteiger partial charge >= 0.3 is 0 Å². The molecular weight excluding hydrogens is 248 g/mol. The van der Waals surface area contributed by atoms with Crippen LogP contribution in [0.1, 0.15) is 44.6 Å². The van der Waals surface area contributed by atoms with Crippen LogP contribution >= 0.6 is 0 Å². The Morgan fingerprint density at radius 1 is 1.20 bits per heavy atom. The lowest BCUT2D eigenvalue weighted by Gasteiger charge is -2.41. The molecule has 0 spiro atoms. The van der Waals surface area contributed by atoms with Gasteiger partial charge < -0.3 is 10.5 Å². The van der Waals surface area contributed by atoms with E-state index in [4.69, 9.17) is 10.5 Å². The number of rotatable bonds is 7. The van der Waals surface area contributed by atoms with Crippen molar-refractivity contribution in [1.29, 1.82) is 0 Å². The number of methoxy groups -OCH3 is 1. The highest BCUT2D eigenvalue weighted by Crippen LogP contribution is 2.35. The molecule has 1 aromatic carbocycles. The van der Waals surface area contributed by atoms with Crippen LogP contribution in [0.5, 0.6) is 5.75 Å². The van der Waals surface area contributed by atoms with Crippen molar-refractivity contribution >= 4 is 0 Å². The maximum absolute atomic E-state index is 6.14. The van der Waals surface area contributed by atoms with Gasteiger partial charge in [0.2, 0.25) is 0 Å². The van der Waals surface area contributed by atoms with Gasteiger partial charge in [-0.15, -0.1) is 0 Å². The van der Waals surface area contributed by atoms with Crippen LogP contribution in [0.2, 0.25) is 0 Å². The standard InChI is InChI=1S/C17H28N2O/c1-3-12-19(17(14-18)10-4-5-11-17)13-15-6-8-16(20-2)9-7-15/h6-9H,3-5,10-14,18H2,1-2H3. The highest BCUT2D eigenvalue weighted by molar-refractivity contribution is 5.27. The number of hydrogen-bond acceptors (Lipinski definition) is 3. The van der Waals surface area contributed by atoms with Gasteiger partial charge in [-0.3, -0.25) is 4.90 Å². The van der Waals surface area contributed by atoms with Crippen molar-refractivity contribution in [2.45, 2.75) is 51.1 Å². The third kappa shape index (κ3) is 3.33. The summed E-state index contributed by atoms with van der Waals surface area (Å²) in [5, 5.41) is 0. The van der Waals surface area contributed by atoms with Gasteiger partial charge in [0.1, 0.15) is 5.75 Å². The molecule has 3 heteroatoms. The summed E-state index contributed by atoms with van der Waals surface area (Å²) >= 11 is 0. The fourth-order valence-corrected chi connectivity index (χ4v) is 3.39. The van der Waals surface area contributed by atoms with Crippen LogP contribution in [0.3, 0.4) is 0 Å². The van der Waals surface area contributed by atoms with Crippen LogP contribution in [-0.4, -0.2) is 30.6 Å². The van der Waals surface area contributed by atoms with Crippen molar-refractivity contribution in [3.8, 4) is 5.75 Å². The molecule has 1 saturated carbocycles. The summed E-state index contributed by atoms with van der Waals surface area (Å²) in [6.45, 7) is 5.15. The van der Waals surface area contributed by atoms with E-state index in [0.717, 1.165) is 25.4 Å². The number of ether oxygens (including phenoxy) is 1. The maximum atomic E-state index is 6.14. The molecule has 0 amide bonds. The van der Waals surface area contributed by atoms with E-state index in [1.54, 1.807) is 7.11 Å². The van der Waals surface area contributed by atoms with Crippen molar-refractivity contribution in [3.05, 3.63) is 29.8 Å². The first-order valence-electron chi connectivity index (χ1n) is 7.82. The van der Waals surface area contributed by atoms with Crippen molar-refractivity contribution in [2.24, 2.45) is 5.73 Å². The first-order valence-corrected chi connectivity index (χ1v) is 7.82. The molecule has 0 heterocycles. The van der Waals surface area contributed by atoms with E-state index in [0.29, 0.717) is 0 Å². The van der Waals surface area contributed by atoms with E-state index in [1.807, 2.05) is 12.1 Å². The zero-order chi connectivity index (χ0) is 14.4. The molecule has 1 aliphatic rings. The molecule has 0 unspecified atom stereocenters. The molecule has 0 saturated heterocycles. The van der Waals surface area contributed by atoms with Crippen LogP contribution in [0.15, 0.2) is 24.3 Å². The van der Waals surface area contributed by atoms with Crippen molar-refractivity contribution in [3.63, 3.8) is 0 Å². The van der Waals surface area contributed by atoms with Gasteiger partial charge in [-0.1, -0.05) is 31.9 Å². The Bertz CT molecular complexity index is 396. The molecule has 2 N–H and O–H groups in total. The van der Waals surface area contributed by atoms with Crippen LogP contribution in [0.4, 0.5) is 0 Å². The quantitative estimate of drug-likeness (QED) is 0.831. The van der Waals surface area contributed by atoms with Crippen LogP contribution in [0, 0.1) is 0 Å². The van der Waals surface area contributed by atoms with Crippen LogP contribution < -0.4 is 10.5 Å². The molecule has 0 atom stereocenters. The first-order chi connectivity index (χ1) is 9.74. The van der Waals surface area contributed by atoms with Gasteiger partial charge in [-0.05, 0) is 43.5 Å². The molecule has 0 aliphatic heterocycles. The molecule has 1 aliphatic carbocycles. The molecule has 0 bridgehead atoms. The number of hydrogen-bond donors (Lipinski definition) is 1. The zero-order valence-corrected chi connectivity index (χ0v) is 12.9. The fourth-order valence-electron chi connectivity index (χ4n) is 3.39. The minimum atomic E-state index is 0.232. The van der Waals surface area contributed by atoms with E-state index in [1.165, 1.54) is 37.7 Å². The number of nitrogens with zero attached hydrogens (tertiary/aromatic N) is 1. The summed E-state index contributed by atoms with van der Waals surface area (Å²) < 4.78 is 5.23. The van der Waals surface area contributed by atoms with Gasteiger partial charge in [-0.25, -0.2) is 0 Å². The average molecular weight is 276 g/mol. The van der Waals surface area contributed by atoms with E-state index in [2.05, 4.69) is 24.0 Å². The zero-order valence-electron chi connectivity index (χ0n) is 12.9.